The maximum Gasteiger partial charge on any atom is 0.341 e. The average molecular weight is 278 g/mol. The van der Waals surface area contributed by atoms with Crippen LogP contribution in [0, 0.1) is 6.92 Å². The number of aromatic carboxylic acids is 1. The van der Waals surface area contributed by atoms with Gasteiger partial charge in [-0.2, -0.15) is 0 Å². The molecule has 0 amide bonds. The van der Waals surface area contributed by atoms with E-state index >= 15 is 0 Å². The molecule has 1 aromatic carbocycles. The van der Waals surface area contributed by atoms with Gasteiger partial charge in [-0.3, -0.25) is 4.79 Å². The maximum atomic E-state index is 12.1. The summed E-state index contributed by atoms with van der Waals surface area (Å²) in [5.41, 5.74) is 0.879. The predicted molar refractivity (Wildman–Crippen MR) is 73.0 cm³/mol. The summed E-state index contributed by atoms with van der Waals surface area (Å²) in [4.78, 5) is 23.0. The molecule has 1 N–H and O–H groups in total. The van der Waals surface area contributed by atoms with Crippen LogP contribution in [-0.4, -0.2) is 15.6 Å². The summed E-state index contributed by atoms with van der Waals surface area (Å²) in [5, 5.41) is 9.57. The van der Waals surface area contributed by atoms with Crippen molar-refractivity contribution in [3.63, 3.8) is 0 Å². The van der Waals surface area contributed by atoms with E-state index < -0.39 is 11.5 Å². The molecule has 2 rings (SSSR count). The Balaban J connectivity index is 2.45. The van der Waals surface area contributed by atoms with Crippen molar-refractivity contribution in [3.8, 4) is 0 Å². The molecule has 0 fully saturated rings. The molecule has 19 heavy (non-hydrogen) atoms. The van der Waals surface area contributed by atoms with E-state index in [0.29, 0.717) is 17.3 Å². The van der Waals surface area contributed by atoms with Gasteiger partial charge in [0.15, 0.2) is 0 Å². The maximum absolute atomic E-state index is 12.1. The van der Waals surface area contributed by atoms with Crippen LogP contribution >= 0.6 is 11.6 Å². The van der Waals surface area contributed by atoms with Crippen LogP contribution in [0.15, 0.2) is 41.2 Å². The number of aryl methyl sites for hydroxylation is 1. The van der Waals surface area contributed by atoms with Gasteiger partial charge in [0.2, 0.25) is 0 Å². The highest BCUT2D eigenvalue weighted by Gasteiger charge is 2.12. The highest BCUT2D eigenvalue weighted by atomic mass is 35.5. The number of rotatable bonds is 3. The third kappa shape index (κ3) is 2.85. The van der Waals surface area contributed by atoms with Crippen molar-refractivity contribution in [3.05, 3.63) is 68.6 Å². The van der Waals surface area contributed by atoms with Crippen molar-refractivity contribution in [1.29, 1.82) is 0 Å². The topological polar surface area (TPSA) is 59.3 Å². The average Bonchev–Trinajstić information content (AvgIpc) is 2.36. The Morgan fingerprint density at radius 3 is 2.42 bits per heavy atom. The quantitative estimate of drug-likeness (QED) is 0.938. The molecule has 0 unspecified atom stereocenters. The molecule has 5 heteroatoms. The van der Waals surface area contributed by atoms with Crippen LogP contribution in [0.2, 0.25) is 5.02 Å². The molecule has 0 atom stereocenters. The Morgan fingerprint density at radius 2 is 1.84 bits per heavy atom. The number of carboxylic acids is 1. The van der Waals surface area contributed by atoms with Gasteiger partial charge < -0.3 is 9.67 Å². The summed E-state index contributed by atoms with van der Waals surface area (Å²) in [6, 6.07) is 10.0. The number of nitrogens with zero attached hydrogens (tertiary/aromatic N) is 1. The van der Waals surface area contributed by atoms with Crippen LogP contribution in [0.25, 0.3) is 0 Å². The highest BCUT2D eigenvalue weighted by molar-refractivity contribution is 6.30. The fourth-order valence-corrected chi connectivity index (χ4v) is 1.93. The molecule has 98 valence electrons. The van der Waals surface area contributed by atoms with Crippen molar-refractivity contribution in [2.24, 2.45) is 0 Å². The first kappa shape index (κ1) is 13.4. The standard InChI is InChI=1S/C14H12ClNO3/c1-9-2-7-12(14(18)19)13(17)16(9)8-10-3-5-11(15)6-4-10/h2-7H,8H2,1H3,(H,18,19). The molecule has 2 aromatic rings. The summed E-state index contributed by atoms with van der Waals surface area (Å²) in [6.45, 7) is 2.09. The van der Waals surface area contributed by atoms with E-state index in [1.807, 2.05) is 12.1 Å². The van der Waals surface area contributed by atoms with Crippen LogP contribution in [0.3, 0.4) is 0 Å². The molecule has 0 aliphatic heterocycles. The van der Waals surface area contributed by atoms with Gasteiger partial charge in [0.25, 0.3) is 5.56 Å². The Kier molecular flexibility index (Phi) is 3.71. The zero-order valence-electron chi connectivity index (χ0n) is 10.3. The van der Waals surface area contributed by atoms with E-state index in [1.54, 1.807) is 25.1 Å². The molecule has 0 bridgehead atoms. The van der Waals surface area contributed by atoms with E-state index in [1.165, 1.54) is 10.6 Å². The number of aromatic nitrogens is 1. The number of hydrogen-bond acceptors (Lipinski definition) is 2. The third-order valence-corrected chi connectivity index (χ3v) is 3.13. The highest BCUT2D eigenvalue weighted by Crippen LogP contribution is 2.11. The SMILES string of the molecule is Cc1ccc(C(=O)O)c(=O)n1Cc1ccc(Cl)cc1. The van der Waals surface area contributed by atoms with E-state index in [9.17, 15) is 9.59 Å². The minimum Gasteiger partial charge on any atom is -0.477 e. The van der Waals surface area contributed by atoms with Crippen LogP contribution in [0.1, 0.15) is 21.6 Å². The smallest absolute Gasteiger partial charge is 0.341 e. The zero-order valence-corrected chi connectivity index (χ0v) is 11.0. The van der Waals surface area contributed by atoms with Gasteiger partial charge in [0.1, 0.15) is 5.56 Å². The largest absolute Gasteiger partial charge is 0.477 e. The van der Waals surface area contributed by atoms with Crippen molar-refractivity contribution >= 4 is 17.6 Å². The lowest BCUT2D eigenvalue weighted by Crippen LogP contribution is -2.28. The summed E-state index contributed by atoms with van der Waals surface area (Å²) < 4.78 is 1.44. The van der Waals surface area contributed by atoms with Gasteiger partial charge >= 0.3 is 5.97 Å². The minimum absolute atomic E-state index is 0.223. The minimum atomic E-state index is -1.21. The van der Waals surface area contributed by atoms with Gasteiger partial charge in [-0.1, -0.05) is 23.7 Å². The Hall–Kier alpha value is -2.07. The molecule has 1 aromatic heterocycles. The summed E-state index contributed by atoms with van der Waals surface area (Å²) in [6.07, 6.45) is 0. The second-order valence-corrected chi connectivity index (χ2v) is 4.65. The van der Waals surface area contributed by atoms with Crippen molar-refractivity contribution < 1.29 is 9.90 Å². The molecular weight excluding hydrogens is 266 g/mol. The number of hydrogen-bond donors (Lipinski definition) is 1. The fraction of sp³-hybridized carbons (Fsp3) is 0.143. The Morgan fingerprint density at radius 1 is 1.21 bits per heavy atom. The fourth-order valence-electron chi connectivity index (χ4n) is 1.80. The predicted octanol–water partition coefficient (Wildman–Crippen LogP) is 2.56. The lowest BCUT2D eigenvalue weighted by atomic mass is 10.2. The number of halogens is 1. The number of carbonyl (C=O) groups is 1. The summed E-state index contributed by atoms with van der Waals surface area (Å²) in [5.74, 6) is -1.21. The molecule has 1 heterocycles. The third-order valence-electron chi connectivity index (χ3n) is 2.88. The van der Waals surface area contributed by atoms with E-state index in [2.05, 4.69) is 0 Å². The first-order chi connectivity index (χ1) is 8.99. The lowest BCUT2D eigenvalue weighted by Gasteiger charge is -2.10. The molecule has 4 nitrogen and oxygen atoms in total. The van der Waals surface area contributed by atoms with Gasteiger partial charge in [-0.05, 0) is 36.8 Å². The normalized spacial score (nSPS) is 10.4. The van der Waals surface area contributed by atoms with Crippen molar-refractivity contribution in [1.82, 2.24) is 4.57 Å². The molecule has 0 saturated carbocycles. The van der Waals surface area contributed by atoms with Crippen LogP contribution in [0.5, 0.6) is 0 Å². The van der Waals surface area contributed by atoms with Crippen LogP contribution < -0.4 is 5.56 Å². The van der Waals surface area contributed by atoms with Gasteiger partial charge in [-0.25, -0.2) is 4.79 Å². The lowest BCUT2D eigenvalue weighted by molar-refractivity contribution is 0.0694. The first-order valence-electron chi connectivity index (χ1n) is 5.67. The van der Waals surface area contributed by atoms with Crippen molar-refractivity contribution in [2.75, 3.05) is 0 Å². The first-order valence-corrected chi connectivity index (χ1v) is 6.05. The van der Waals surface area contributed by atoms with Crippen LogP contribution in [0.4, 0.5) is 0 Å². The van der Waals surface area contributed by atoms with Gasteiger partial charge in [-0.15, -0.1) is 0 Å². The molecule has 0 aliphatic carbocycles. The zero-order chi connectivity index (χ0) is 14.0. The van der Waals surface area contributed by atoms with Gasteiger partial charge in [0, 0.05) is 10.7 Å². The molecule has 0 aliphatic rings. The van der Waals surface area contributed by atoms with Crippen LogP contribution in [-0.2, 0) is 6.54 Å². The number of pyridine rings is 1. The molecule has 0 radical (unpaired) electrons. The molecule has 0 spiro atoms. The van der Waals surface area contributed by atoms with E-state index in [-0.39, 0.29) is 5.56 Å². The number of benzene rings is 1. The molecule has 0 saturated heterocycles. The summed E-state index contributed by atoms with van der Waals surface area (Å²) >= 11 is 5.80. The Bertz CT molecular complexity index is 674. The van der Waals surface area contributed by atoms with Gasteiger partial charge in [0.05, 0.1) is 6.54 Å². The monoisotopic (exact) mass is 277 g/mol. The van der Waals surface area contributed by atoms with E-state index in [4.69, 9.17) is 16.7 Å². The second-order valence-electron chi connectivity index (χ2n) is 4.21. The summed E-state index contributed by atoms with van der Waals surface area (Å²) in [7, 11) is 0. The Labute approximate surface area is 114 Å². The number of carboxylic acid groups (broad SMARTS) is 1. The van der Waals surface area contributed by atoms with Crippen molar-refractivity contribution in [2.45, 2.75) is 13.5 Å². The second kappa shape index (κ2) is 5.28. The van der Waals surface area contributed by atoms with E-state index in [0.717, 1.165) is 5.56 Å². The molecular formula is C14H12ClNO3.